The van der Waals surface area contributed by atoms with Crippen molar-refractivity contribution in [2.24, 2.45) is 11.8 Å². The van der Waals surface area contributed by atoms with Crippen LogP contribution in [0.4, 0.5) is 8.78 Å². The van der Waals surface area contributed by atoms with E-state index in [9.17, 15) is 8.78 Å². The zero-order chi connectivity index (χ0) is 15.6. The third-order valence-corrected chi connectivity index (χ3v) is 5.46. The lowest BCUT2D eigenvalue weighted by Gasteiger charge is -2.43. The molecule has 0 aromatic carbocycles. The molecule has 2 heterocycles. The zero-order valence-electron chi connectivity index (χ0n) is 14.1. The second-order valence-electron chi connectivity index (χ2n) is 7.73. The third kappa shape index (κ3) is 4.38. The summed E-state index contributed by atoms with van der Waals surface area (Å²) in [6.07, 6.45) is 1.25. The maximum absolute atomic E-state index is 15.0. The fraction of sp³-hybridized carbons (Fsp3) is 1.00. The van der Waals surface area contributed by atoms with Gasteiger partial charge in [0.1, 0.15) is 11.8 Å². The van der Waals surface area contributed by atoms with Crippen molar-refractivity contribution in [3.63, 3.8) is 0 Å². The standard InChI is InChI=1S/C17H32F2N2/c1-13(2)15-5-8-20(11-16(15)18)12-17(19)6-9-21(10-7-17)14(3)4/h13-16H,5-12H2,1-4H3/t15-,16-/m0/s1. The van der Waals surface area contributed by atoms with Gasteiger partial charge in [0.05, 0.1) is 0 Å². The van der Waals surface area contributed by atoms with E-state index >= 15 is 0 Å². The molecule has 2 saturated heterocycles. The van der Waals surface area contributed by atoms with Gasteiger partial charge >= 0.3 is 0 Å². The monoisotopic (exact) mass is 302 g/mol. The van der Waals surface area contributed by atoms with Crippen molar-refractivity contribution >= 4 is 0 Å². The summed E-state index contributed by atoms with van der Waals surface area (Å²) in [5, 5.41) is 0. The maximum Gasteiger partial charge on any atom is 0.126 e. The third-order valence-electron chi connectivity index (χ3n) is 5.46. The predicted molar refractivity (Wildman–Crippen MR) is 84.1 cm³/mol. The van der Waals surface area contributed by atoms with Crippen LogP contribution in [0, 0.1) is 11.8 Å². The van der Waals surface area contributed by atoms with Gasteiger partial charge in [-0.3, -0.25) is 4.90 Å². The number of hydrogen-bond donors (Lipinski definition) is 0. The molecule has 0 amide bonds. The fourth-order valence-electron chi connectivity index (χ4n) is 3.88. The topological polar surface area (TPSA) is 6.48 Å². The number of piperidine rings is 2. The van der Waals surface area contributed by atoms with Gasteiger partial charge in [-0.2, -0.15) is 0 Å². The number of likely N-dealkylation sites (tertiary alicyclic amines) is 2. The molecule has 0 aromatic heterocycles. The van der Waals surface area contributed by atoms with E-state index in [2.05, 4.69) is 32.6 Å². The van der Waals surface area contributed by atoms with Crippen LogP contribution in [0.3, 0.4) is 0 Å². The van der Waals surface area contributed by atoms with Crippen molar-refractivity contribution in [2.75, 3.05) is 32.7 Å². The van der Waals surface area contributed by atoms with Crippen molar-refractivity contribution in [3.8, 4) is 0 Å². The van der Waals surface area contributed by atoms with Gasteiger partial charge in [-0.25, -0.2) is 8.78 Å². The van der Waals surface area contributed by atoms with E-state index < -0.39 is 11.8 Å². The van der Waals surface area contributed by atoms with Crippen LogP contribution in [0.1, 0.15) is 47.0 Å². The lowest BCUT2D eigenvalue weighted by atomic mass is 9.84. The molecule has 0 unspecified atom stereocenters. The molecule has 21 heavy (non-hydrogen) atoms. The van der Waals surface area contributed by atoms with Gasteiger partial charge in [0.15, 0.2) is 0 Å². The van der Waals surface area contributed by atoms with Gasteiger partial charge < -0.3 is 4.90 Å². The van der Waals surface area contributed by atoms with E-state index in [1.165, 1.54) is 0 Å². The Hall–Kier alpha value is -0.220. The van der Waals surface area contributed by atoms with Crippen LogP contribution < -0.4 is 0 Å². The van der Waals surface area contributed by atoms with Crippen LogP contribution >= 0.6 is 0 Å². The molecule has 0 radical (unpaired) electrons. The van der Waals surface area contributed by atoms with E-state index in [1.807, 2.05) is 4.90 Å². The SMILES string of the molecule is CC(C)[C@@H]1CCN(CC2(F)CCN(C(C)C)CC2)C[C@@H]1F. The summed E-state index contributed by atoms with van der Waals surface area (Å²) < 4.78 is 29.2. The minimum atomic E-state index is -1.12. The summed E-state index contributed by atoms with van der Waals surface area (Å²) in [5.41, 5.74) is -1.12. The van der Waals surface area contributed by atoms with Crippen LogP contribution in [0.2, 0.25) is 0 Å². The van der Waals surface area contributed by atoms with Crippen molar-refractivity contribution in [1.29, 1.82) is 0 Å². The fourth-order valence-corrected chi connectivity index (χ4v) is 3.88. The van der Waals surface area contributed by atoms with Crippen molar-refractivity contribution in [2.45, 2.75) is 64.8 Å². The lowest BCUT2D eigenvalue weighted by molar-refractivity contribution is -0.0128. The summed E-state index contributed by atoms with van der Waals surface area (Å²) in [5.74, 6) is 0.537. The van der Waals surface area contributed by atoms with E-state index in [0.29, 0.717) is 37.9 Å². The van der Waals surface area contributed by atoms with Gasteiger partial charge in [0.2, 0.25) is 0 Å². The van der Waals surface area contributed by atoms with Crippen LogP contribution in [0.15, 0.2) is 0 Å². The Morgan fingerprint density at radius 3 is 2.19 bits per heavy atom. The second kappa shape index (κ2) is 6.91. The van der Waals surface area contributed by atoms with E-state index in [0.717, 1.165) is 26.1 Å². The van der Waals surface area contributed by atoms with Crippen LogP contribution in [-0.2, 0) is 0 Å². The first-order chi connectivity index (χ1) is 9.81. The van der Waals surface area contributed by atoms with Gasteiger partial charge in [-0.15, -0.1) is 0 Å². The molecule has 2 atom stereocenters. The Morgan fingerprint density at radius 2 is 1.71 bits per heavy atom. The van der Waals surface area contributed by atoms with Crippen molar-refractivity contribution < 1.29 is 8.78 Å². The van der Waals surface area contributed by atoms with E-state index in [4.69, 9.17) is 0 Å². The molecule has 0 bridgehead atoms. The average molecular weight is 302 g/mol. The summed E-state index contributed by atoms with van der Waals surface area (Å²) in [6.45, 7) is 11.8. The van der Waals surface area contributed by atoms with Crippen LogP contribution in [0.25, 0.3) is 0 Å². The molecule has 0 aliphatic carbocycles. The Kier molecular flexibility index (Phi) is 5.64. The lowest BCUT2D eigenvalue weighted by Crippen LogP contribution is -2.53. The summed E-state index contributed by atoms with van der Waals surface area (Å²) in [7, 11) is 0. The predicted octanol–water partition coefficient (Wildman–Crippen LogP) is 3.51. The van der Waals surface area contributed by atoms with Gasteiger partial charge in [0, 0.05) is 32.2 Å². The Morgan fingerprint density at radius 1 is 1.10 bits per heavy atom. The molecule has 0 spiro atoms. The van der Waals surface area contributed by atoms with Crippen molar-refractivity contribution in [3.05, 3.63) is 0 Å². The Labute approximate surface area is 128 Å². The number of nitrogens with zero attached hydrogens (tertiary/aromatic N) is 2. The number of halogens is 2. The molecule has 2 rings (SSSR count). The Balaban J connectivity index is 1.83. The number of alkyl halides is 2. The molecule has 4 heteroatoms. The zero-order valence-corrected chi connectivity index (χ0v) is 14.1. The molecule has 0 N–H and O–H groups in total. The minimum absolute atomic E-state index is 0.152. The van der Waals surface area contributed by atoms with Crippen LogP contribution in [-0.4, -0.2) is 60.4 Å². The first kappa shape index (κ1) is 17.1. The van der Waals surface area contributed by atoms with Crippen LogP contribution in [0.5, 0.6) is 0 Å². The summed E-state index contributed by atoms with van der Waals surface area (Å²) in [6, 6.07) is 0.492. The maximum atomic E-state index is 15.0. The van der Waals surface area contributed by atoms with Gasteiger partial charge in [0.25, 0.3) is 0 Å². The largest absolute Gasteiger partial charge is 0.301 e. The molecule has 0 aromatic rings. The summed E-state index contributed by atoms with van der Waals surface area (Å²) >= 11 is 0. The second-order valence-corrected chi connectivity index (χ2v) is 7.73. The molecule has 2 fully saturated rings. The van der Waals surface area contributed by atoms with E-state index in [-0.39, 0.29) is 5.92 Å². The number of rotatable bonds is 4. The summed E-state index contributed by atoms with van der Waals surface area (Å²) in [4.78, 5) is 4.36. The molecule has 2 nitrogen and oxygen atoms in total. The van der Waals surface area contributed by atoms with Crippen molar-refractivity contribution in [1.82, 2.24) is 9.80 Å². The molecule has 124 valence electrons. The highest BCUT2D eigenvalue weighted by molar-refractivity contribution is 4.92. The smallest absolute Gasteiger partial charge is 0.126 e. The molecule has 2 aliphatic heterocycles. The minimum Gasteiger partial charge on any atom is -0.301 e. The average Bonchev–Trinajstić information content (AvgIpc) is 2.38. The molecular formula is C17H32F2N2. The molecule has 0 saturated carbocycles. The molecular weight excluding hydrogens is 270 g/mol. The highest BCUT2D eigenvalue weighted by Gasteiger charge is 2.39. The normalized spacial score (nSPS) is 32.0. The first-order valence-electron chi connectivity index (χ1n) is 8.60. The Bertz CT molecular complexity index is 325. The van der Waals surface area contributed by atoms with E-state index in [1.54, 1.807) is 0 Å². The quantitative estimate of drug-likeness (QED) is 0.784. The highest BCUT2D eigenvalue weighted by atomic mass is 19.1. The molecule has 2 aliphatic rings. The highest BCUT2D eigenvalue weighted by Crippen LogP contribution is 2.32. The number of hydrogen-bond acceptors (Lipinski definition) is 2. The first-order valence-corrected chi connectivity index (χ1v) is 8.60. The van der Waals surface area contributed by atoms with Gasteiger partial charge in [-0.05, 0) is 51.5 Å². The van der Waals surface area contributed by atoms with Gasteiger partial charge in [-0.1, -0.05) is 13.8 Å².